The lowest BCUT2D eigenvalue weighted by atomic mass is 10.1. The largest absolute Gasteiger partial charge is 0.296 e. The third-order valence-electron chi connectivity index (χ3n) is 4.57. The molecule has 1 aliphatic rings. The van der Waals surface area contributed by atoms with Crippen LogP contribution in [0.3, 0.4) is 0 Å². The van der Waals surface area contributed by atoms with Crippen LogP contribution in [0.15, 0.2) is 91.0 Å². The zero-order valence-electron chi connectivity index (χ0n) is 13.5. The van der Waals surface area contributed by atoms with Gasteiger partial charge in [0, 0.05) is 23.2 Å². The Bertz CT molecular complexity index is 805. The lowest BCUT2D eigenvalue weighted by Crippen LogP contribution is -2.22. The predicted molar refractivity (Wildman–Crippen MR) is 100 cm³/mol. The van der Waals surface area contributed by atoms with Crippen LogP contribution in [0.5, 0.6) is 0 Å². The second-order valence-corrected chi connectivity index (χ2v) is 8.91. The highest BCUT2D eigenvalue weighted by molar-refractivity contribution is 7.76. The fourth-order valence-electron chi connectivity index (χ4n) is 3.28. The maximum Gasteiger partial charge on any atom is 0.207 e. The van der Waals surface area contributed by atoms with Gasteiger partial charge < -0.3 is 0 Å². The quantitative estimate of drug-likeness (QED) is 0.522. The molecule has 2 atom stereocenters. The second-order valence-electron chi connectivity index (χ2n) is 6.21. The van der Waals surface area contributed by atoms with Crippen molar-refractivity contribution in [3.05, 3.63) is 96.6 Å². The highest BCUT2D eigenvalue weighted by Crippen LogP contribution is 2.55. The third-order valence-corrected chi connectivity index (χ3v) is 7.78. The van der Waals surface area contributed by atoms with E-state index in [0.29, 0.717) is 6.04 Å². The molecule has 2 unspecified atom stereocenters. The molecule has 2 nitrogen and oxygen atoms in total. The Hall–Kier alpha value is -2.15. The van der Waals surface area contributed by atoms with Crippen molar-refractivity contribution in [3.63, 3.8) is 0 Å². The van der Waals surface area contributed by atoms with Gasteiger partial charge in [-0.2, -0.15) is 0 Å². The van der Waals surface area contributed by atoms with Crippen LogP contribution < -0.4 is 10.6 Å². The first-order valence-corrected chi connectivity index (χ1v) is 9.97. The van der Waals surface area contributed by atoms with Gasteiger partial charge in [-0.15, -0.1) is 0 Å². The van der Waals surface area contributed by atoms with Gasteiger partial charge in [0.2, 0.25) is 7.29 Å². The molecule has 1 heterocycles. The van der Waals surface area contributed by atoms with Gasteiger partial charge in [-0.1, -0.05) is 66.7 Å². The van der Waals surface area contributed by atoms with Gasteiger partial charge in [0.1, 0.15) is 0 Å². The Labute approximate surface area is 143 Å². The molecule has 0 N–H and O–H groups in total. The van der Waals surface area contributed by atoms with Crippen molar-refractivity contribution in [1.82, 2.24) is 4.67 Å². The topological polar surface area (TPSA) is 20.1 Å². The molecule has 0 radical (unpaired) electrons. The molecular formula is C21H20NOP. The van der Waals surface area contributed by atoms with E-state index in [-0.39, 0.29) is 0 Å². The average molecular weight is 333 g/mol. The standard InChI is InChI=1S/C21H20NOP/c23-24(20-12-6-2-7-13-20,21-14-8-3-9-15-21)22-17-19(22)16-18-10-4-1-5-11-18/h1-15,19H,16-17H2. The number of benzene rings is 3. The number of nitrogens with zero attached hydrogens (tertiary/aromatic N) is 1. The maximum absolute atomic E-state index is 14.1. The van der Waals surface area contributed by atoms with Crippen molar-refractivity contribution >= 4 is 17.9 Å². The molecule has 0 amide bonds. The van der Waals surface area contributed by atoms with Crippen molar-refractivity contribution in [3.8, 4) is 0 Å². The molecule has 0 bridgehead atoms. The van der Waals surface area contributed by atoms with E-state index in [1.807, 2.05) is 66.7 Å². The lowest BCUT2D eigenvalue weighted by Gasteiger charge is -2.21. The molecule has 0 saturated carbocycles. The third kappa shape index (κ3) is 2.84. The Kier molecular flexibility index (Phi) is 4.10. The van der Waals surface area contributed by atoms with Gasteiger partial charge in [0.25, 0.3) is 0 Å². The summed E-state index contributed by atoms with van der Waals surface area (Å²) >= 11 is 0. The normalized spacial score (nSPS) is 19.8. The molecule has 3 aromatic rings. The van der Waals surface area contributed by atoms with Crippen molar-refractivity contribution in [2.75, 3.05) is 6.54 Å². The summed E-state index contributed by atoms with van der Waals surface area (Å²) in [4.78, 5) is 0. The molecule has 0 aromatic heterocycles. The van der Waals surface area contributed by atoms with Crippen LogP contribution in [0.2, 0.25) is 0 Å². The van der Waals surface area contributed by atoms with E-state index in [1.165, 1.54) is 5.56 Å². The zero-order chi connectivity index (χ0) is 16.4. The first-order chi connectivity index (χ1) is 11.8. The van der Waals surface area contributed by atoms with E-state index in [9.17, 15) is 4.57 Å². The minimum absolute atomic E-state index is 0.346. The lowest BCUT2D eigenvalue weighted by molar-refractivity contribution is 0.557. The Morgan fingerprint density at radius 3 is 1.71 bits per heavy atom. The summed E-state index contributed by atoms with van der Waals surface area (Å²) in [6, 6.07) is 30.6. The first-order valence-electron chi connectivity index (χ1n) is 8.31. The van der Waals surface area contributed by atoms with Gasteiger partial charge >= 0.3 is 0 Å². The fraction of sp³-hybridized carbons (Fsp3) is 0.143. The van der Waals surface area contributed by atoms with Gasteiger partial charge in [-0.25, -0.2) is 4.67 Å². The van der Waals surface area contributed by atoms with Crippen molar-refractivity contribution in [1.29, 1.82) is 0 Å². The molecule has 120 valence electrons. The van der Waals surface area contributed by atoms with Gasteiger partial charge in [0.05, 0.1) is 0 Å². The molecule has 1 saturated heterocycles. The van der Waals surface area contributed by atoms with Crippen molar-refractivity contribution in [2.24, 2.45) is 0 Å². The smallest absolute Gasteiger partial charge is 0.207 e. The van der Waals surface area contributed by atoms with E-state index in [2.05, 4.69) is 28.9 Å². The summed E-state index contributed by atoms with van der Waals surface area (Å²) in [5, 5.41) is 1.85. The SMILES string of the molecule is O=P(c1ccccc1)(c1ccccc1)N1CC1Cc1ccccc1. The Balaban J connectivity index is 1.67. The maximum atomic E-state index is 14.1. The molecule has 1 fully saturated rings. The van der Waals surface area contributed by atoms with Crippen LogP contribution in [-0.4, -0.2) is 17.3 Å². The molecule has 24 heavy (non-hydrogen) atoms. The van der Waals surface area contributed by atoms with E-state index in [0.717, 1.165) is 23.6 Å². The van der Waals surface area contributed by atoms with Gasteiger partial charge in [0.15, 0.2) is 0 Å². The minimum Gasteiger partial charge on any atom is -0.296 e. The second kappa shape index (κ2) is 6.39. The summed E-state index contributed by atoms with van der Waals surface area (Å²) in [7, 11) is -2.74. The zero-order valence-corrected chi connectivity index (χ0v) is 14.3. The van der Waals surface area contributed by atoms with Crippen LogP contribution in [0.1, 0.15) is 5.56 Å². The summed E-state index contributed by atoms with van der Waals surface area (Å²) in [6.07, 6.45) is 0.949. The summed E-state index contributed by atoms with van der Waals surface area (Å²) in [6.45, 7) is 0.885. The van der Waals surface area contributed by atoms with Crippen LogP contribution in [0, 0.1) is 0 Å². The summed E-state index contributed by atoms with van der Waals surface area (Å²) in [5.74, 6) is 0. The van der Waals surface area contributed by atoms with E-state index < -0.39 is 7.29 Å². The number of hydrogen-bond donors (Lipinski definition) is 0. The average Bonchev–Trinajstić information content (AvgIpc) is 3.43. The van der Waals surface area contributed by atoms with Gasteiger partial charge in [-0.05, 0) is 36.2 Å². The van der Waals surface area contributed by atoms with Crippen molar-refractivity contribution in [2.45, 2.75) is 12.5 Å². The van der Waals surface area contributed by atoms with Crippen LogP contribution in [0.4, 0.5) is 0 Å². The Morgan fingerprint density at radius 2 is 1.21 bits per heavy atom. The molecule has 1 aliphatic heterocycles. The minimum atomic E-state index is -2.74. The van der Waals surface area contributed by atoms with E-state index in [4.69, 9.17) is 0 Å². The summed E-state index contributed by atoms with van der Waals surface area (Å²) in [5.41, 5.74) is 1.30. The first kappa shape index (κ1) is 15.4. The molecule has 0 aliphatic carbocycles. The summed E-state index contributed by atoms with van der Waals surface area (Å²) < 4.78 is 16.3. The molecule has 3 heteroatoms. The monoisotopic (exact) mass is 333 g/mol. The molecule has 4 rings (SSSR count). The number of rotatable bonds is 5. The van der Waals surface area contributed by atoms with Gasteiger partial charge in [-0.3, -0.25) is 4.57 Å². The Morgan fingerprint density at radius 1 is 0.750 bits per heavy atom. The molecule has 0 spiro atoms. The highest BCUT2D eigenvalue weighted by atomic mass is 31.2. The predicted octanol–water partition coefficient (Wildman–Crippen LogP) is 3.84. The number of hydrogen-bond acceptors (Lipinski definition) is 1. The van der Waals surface area contributed by atoms with Crippen molar-refractivity contribution < 1.29 is 4.57 Å². The van der Waals surface area contributed by atoms with Crippen LogP contribution >= 0.6 is 7.29 Å². The van der Waals surface area contributed by atoms with Crippen LogP contribution in [-0.2, 0) is 11.0 Å². The van der Waals surface area contributed by atoms with E-state index in [1.54, 1.807) is 0 Å². The fourth-order valence-corrected chi connectivity index (χ4v) is 6.28. The highest BCUT2D eigenvalue weighted by Gasteiger charge is 2.48. The molecule has 3 aromatic carbocycles. The van der Waals surface area contributed by atoms with Crippen LogP contribution in [0.25, 0.3) is 0 Å². The van der Waals surface area contributed by atoms with E-state index >= 15 is 0 Å². The molecular weight excluding hydrogens is 313 g/mol.